The second-order valence-electron chi connectivity index (χ2n) is 6.81. The molecule has 1 unspecified atom stereocenters. The minimum Gasteiger partial charge on any atom is -0.488 e. The van der Waals surface area contributed by atoms with E-state index in [0.29, 0.717) is 19.7 Å². The van der Waals surface area contributed by atoms with Crippen LogP contribution in [-0.4, -0.2) is 36.7 Å². The van der Waals surface area contributed by atoms with Gasteiger partial charge in [-0.15, -0.1) is 0 Å². The lowest BCUT2D eigenvalue weighted by Crippen LogP contribution is -2.44. The van der Waals surface area contributed by atoms with Crippen molar-refractivity contribution in [2.24, 2.45) is 0 Å². The van der Waals surface area contributed by atoms with Gasteiger partial charge < -0.3 is 19.7 Å². The van der Waals surface area contributed by atoms with Gasteiger partial charge in [0, 0.05) is 6.54 Å². The number of benzene rings is 1. The van der Waals surface area contributed by atoms with Crippen molar-refractivity contribution in [1.82, 2.24) is 4.90 Å². The lowest BCUT2D eigenvalue weighted by molar-refractivity contribution is -0.0132. The second-order valence-corrected chi connectivity index (χ2v) is 7.59. The van der Waals surface area contributed by atoms with Gasteiger partial charge in [-0.1, -0.05) is 12.1 Å². The molecule has 0 bridgehead atoms. The van der Waals surface area contributed by atoms with Gasteiger partial charge in [0.1, 0.15) is 11.9 Å². The van der Waals surface area contributed by atoms with Crippen LogP contribution in [0.15, 0.2) is 41.1 Å². The first-order valence-electron chi connectivity index (χ1n) is 9.25. The summed E-state index contributed by atoms with van der Waals surface area (Å²) >= 11 is 1.65. The third-order valence-electron chi connectivity index (χ3n) is 4.99. The molecule has 2 fully saturated rings. The average molecular weight is 372 g/mol. The number of para-hydroxylation sites is 2. The summed E-state index contributed by atoms with van der Waals surface area (Å²) in [4.78, 5) is 14.6. The monoisotopic (exact) mass is 372 g/mol. The van der Waals surface area contributed by atoms with Crippen LogP contribution >= 0.6 is 11.3 Å². The Hall–Kier alpha value is -2.05. The van der Waals surface area contributed by atoms with Crippen LogP contribution in [0.4, 0.5) is 10.5 Å². The van der Waals surface area contributed by atoms with Gasteiger partial charge in [-0.25, -0.2) is 4.79 Å². The average Bonchev–Trinajstić information content (AvgIpc) is 3.37. The van der Waals surface area contributed by atoms with Gasteiger partial charge in [-0.05, 0) is 60.2 Å². The van der Waals surface area contributed by atoms with E-state index >= 15 is 0 Å². The maximum Gasteiger partial charge on any atom is 0.322 e. The van der Waals surface area contributed by atoms with Crippen LogP contribution in [0.5, 0.6) is 5.75 Å². The number of anilines is 1. The topological polar surface area (TPSA) is 50.8 Å². The van der Waals surface area contributed by atoms with Crippen LogP contribution in [0.2, 0.25) is 0 Å². The zero-order chi connectivity index (χ0) is 17.8. The van der Waals surface area contributed by atoms with Gasteiger partial charge in [0.2, 0.25) is 0 Å². The molecule has 2 aromatic rings. The molecule has 1 saturated heterocycles. The fraction of sp³-hybridized carbons (Fsp3) is 0.450. The molecule has 2 amide bonds. The highest BCUT2D eigenvalue weighted by Gasteiger charge is 2.26. The standard InChI is InChI=1S/C20H24N2O3S/c23-20(22-10-11-24-19(13-22)15-9-12-26-14-15)21-17-7-3-4-8-18(17)25-16-5-1-2-6-16/h3-4,7-9,12,14,16,19H,1-2,5-6,10-11,13H2,(H,21,23). The van der Waals surface area contributed by atoms with E-state index in [-0.39, 0.29) is 18.2 Å². The Kier molecular flexibility index (Phi) is 5.41. The molecule has 1 aliphatic heterocycles. The van der Waals surface area contributed by atoms with Crippen molar-refractivity contribution >= 4 is 23.1 Å². The number of nitrogens with one attached hydrogen (secondary N) is 1. The summed E-state index contributed by atoms with van der Waals surface area (Å²) in [7, 11) is 0. The third kappa shape index (κ3) is 4.02. The third-order valence-corrected chi connectivity index (χ3v) is 5.69. The predicted molar refractivity (Wildman–Crippen MR) is 103 cm³/mol. The maximum absolute atomic E-state index is 12.8. The first-order valence-corrected chi connectivity index (χ1v) is 10.2. The Bertz CT molecular complexity index is 728. The highest BCUT2D eigenvalue weighted by molar-refractivity contribution is 7.07. The van der Waals surface area contributed by atoms with Crippen LogP contribution in [0.25, 0.3) is 0 Å². The summed E-state index contributed by atoms with van der Waals surface area (Å²) in [5, 5.41) is 7.15. The van der Waals surface area contributed by atoms with E-state index < -0.39 is 0 Å². The highest BCUT2D eigenvalue weighted by atomic mass is 32.1. The Balaban J connectivity index is 1.41. The van der Waals surface area contributed by atoms with E-state index in [4.69, 9.17) is 9.47 Å². The van der Waals surface area contributed by atoms with Crippen molar-refractivity contribution in [2.75, 3.05) is 25.0 Å². The molecule has 5 nitrogen and oxygen atoms in total. The van der Waals surface area contributed by atoms with E-state index in [0.717, 1.165) is 29.8 Å². The van der Waals surface area contributed by atoms with E-state index in [1.54, 1.807) is 11.3 Å². The fourth-order valence-electron chi connectivity index (χ4n) is 3.55. The molecule has 4 rings (SSSR count). The van der Waals surface area contributed by atoms with E-state index in [1.165, 1.54) is 12.8 Å². The number of thiophene rings is 1. The Morgan fingerprint density at radius 3 is 2.88 bits per heavy atom. The smallest absolute Gasteiger partial charge is 0.322 e. The molecule has 26 heavy (non-hydrogen) atoms. The normalized spacial score (nSPS) is 20.9. The summed E-state index contributed by atoms with van der Waals surface area (Å²) in [6.07, 6.45) is 4.83. The number of rotatable bonds is 4. The molecule has 1 atom stereocenters. The largest absolute Gasteiger partial charge is 0.488 e. The number of hydrogen-bond donors (Lipinski definition) is 1. The molecule has 0 radical (unpaired) electrons. The number of nitrogens with zero attached hydrogens (tertiary/aromatic N) is 1. The first-order chi connectivity index (χ1) is 12.8. The molecule has 2 heterocycles. The summed E-state index contributed by atoms with van der Waals surface area (Å²) in [5.74, 6) is 0.760. The summed E-state index contributed by atoms with van der Waals surface area (Å²) in [5.41, 5.74) is 1.88. The molecule has 1 aliphatic carbocycles. The van der Waals surface area contributed by atoms with Crippen molar-refractivity contribution in [1.29, 1.82) is 0 Å². The molecule has 1 aromatic heterocycles. The Labute approximate surface area is 157 Å². The molecule has 6 heteroatoms. The van der Waals surface area contributed by atoms with Gasteiger partial charge in [0.05, 0.1) is 24.9 Å². The number of ether oxygens (including phenoxy) is 2. The Morgan fingerprint density at radius 2 is 2.08 bits per heavy atom. The molecular weight excluding hydrogens is 348 g/mol. The zero-order valence-electron chi connectivity index (χ0n) is 14.7. The molecule has 138 valence electrons. The molecule has 1 N–H and O–H groups in total. The Morgan fingerprint density at radius 1 is 1.23 bits per heavy atom. The molecule has 1 saturated carbocycles. The number of carbonyl (C=O) groups is 1. The molecule has 2 aliphatic rings. The number of urea groups is 1. The van der Waals surface area contributed by atoms with Gasteiger partial charge in [0.25, 0.3) is 0 Å². The van der Waals surface area contributed by atoms with Gasteiger partial charge >= 0.3 is 6.03 Å². The van der Waals surface area contributed by atoms with Gasteiger partial charge in [0.15, 0.2) is 0 Å². The molecule has 0 spiro atoms. The maximum atomic E-state index is 12.8. The summed E-state index contributed by atoms with van der Waals surface area (Å²) in [6.45, 7) is 1.71. The van der Waals surface area contributed by atoms with E-state index in [9.17, 15) is 4.79 Å². The van der Waals surface area contributed by atoms with Crippen molar-refractivity contribution in [2.45, 2.75) is 37.9 Å². The lowest BCUT2D eigenvalue weighted by atomic mass is 10.1. The van der Waals surface area contributed by atoms with Gasteiger partial charge in [-0.3, -0.25) is 0 Å². The fourth-order valence-corrected chi connectivity index (χ4v) is 4.25. The van der Waals surface area contributed by atoms with Gasteiger partial charge in [-0.2, -0.15) is 11.3 Å². The lowest BCUT2D eigenvalue weighted by Gasteiger charge is -2.33. The van der Waals surface area contributed by atoms with Crippen molar-refractivity contribution in [3.63, 3.8) is 0 Å². The van der Waals surface area contributed by atoms with E-state index in [2.05, 4.69) is 16.8 Å². The number of morpholine rings is 1. The first kappa shape index (κ1) is 17.4. The van der Waals surface area contributed by atoms with Crippen LogP contribution in [0, 0.1) is 0 Å². The van der Waals surface area contributed by atoms with Crippen molar-refractivity contribution in [3.05, 3.63) is 46.7 Å². The van der Waals surface area contributed by atoms with Crippen molar-refractivity contribution < 1.29 is 14.3 Å². The number of hydrogen-bond acceptors (Lipinski definition) is 4. The predicted octanol–water partition coefficient (Wildman–Crippen LogP) is 4.67. The number of amides is 2. The molecular formula is C20H24N2O3S. The summed E-state index contributed by atoms with van der Waals surface area (Å²) < 4.78 is 11.9. The van der Waals surface area contributed by atoms with Crippen LogP contribution in [-0.2, 0) is 4.74 Å². The van der Waals surface area contributed by atoms with Crippen LogP contribution in [0.3, 0.4) is 0 Å². The minimum atomic E-state index is -0.101. The van der Waals surface area contributed by atoms with Crippen LogP contribution < -0.4 is 10.1 Å². The molecule has 1 aromatic carbocycles. The quantitative estimate of drug-likeness (QED) is 0.848. The van der Waals surface area contributed by atoms with Crippen LogP contribution in [0.1, 0.15) is 37.4 Å². The number of carbonyl (C=O) groups excluding carboxylic acids is 1. The SMILES string of the molecule is O=C(Nc1ccccc1OC1CCCC1)N1CCOC(c2ccsc2)C1. The summed E-state index contributed by atoms with van der Waals surface area (Å²) in [6, 6.07) is 9.66. The highest BCUT2D eigenvalue weighted by Crippen LogP contribution is 2.30. The zero-order valence-corrected chi connectivity index (χ0v) is 15.5. The second kappa shape index (κ2) is 8.10. The minimum absolute atomic E-state index is 0.0502. The van der Waals surface area contributed by atoms with E-state index in [1.807, 2.05) is 34.5 Å². The van der Waals surface area contributed by atoms with Crippen molar-refractivity contribution in [3.8, 4) is 5.75 Å².